The Kier molecular flexibility index (Phi) is 4.56. The van der Waals surface area contributed by atoms with E-state index in [2.05, 4.69) is 29.5 Å². The van der Waals surface area contributed by atoms with Crippen LogP contribution in [0.2, 0.25) is 0 Å². The fourth-order valence-corrected chi connectivity index (χ4v) is 1.98. The van der Waals surface area contributed by atoms with Crippen LogP contribution in [0.3, 0.4) is 0 Å². The van der Waals surface area contributed by atoms with Crippen LogP contribution >= 0.6 is 0 Å². The van der Waals surface area contributed by atoms with Crippen molar-refractivity contribution >= 4 is 12.0 Å². The van der Waals surface area contributed by atoms with Crippen molar-refractivity contribution in [1.29, 1.82) is 0 Å². The number of hydrogen-bond donors (Lipinski definition) is 3. The maximum Gasteiger partial charge on any atom is 0.328 e. The fraction of sp³-hybridized carbons (Fsp3) is 0.833. The van der Waals surface area contributed by atoms with Crippen LogP contribution in [0.1, 0.15) is 33.6 Å². The Labute approximate surface area is 108 Å². The quantitative estimate of drug-likeness (QED) is 0.692. The summed E-state index contributed by atoms with van der Waals surface area (Å²) in [6.45, 7) is 5.99. The smallest absolute Gasteiger partial charge is 0.328 e. The molecule has 0 aromatic rings. The number of urea groups is 1. The van der Waals surface area contributed by atoms with Crippen molar-refractivity contribution in [2.45, 2.75) is 51.2 Å². The lowest BCUT2D eigenvalue weighted by Crippen LogP contribution is -2.56. The van der Waals surface area contributed by atoms with E-state index in [1.54, 1.807) is 0 Å². The number of rotatable bonds is 3. The summed E-state index contributed by atoms with van der Waals surface area (Å²) in [5.74, 6) is -1.05. The Bertz CT molecular complexity index is 331. The number of nitrogens with one attached hydrogen (secondary N) is 2. The second-order valence-electron chi connectivity index (χ2n) is 5.58. The molecule has 0 radical (unpaired) electrons. The maximum absolute atomic E-state index is 11.7. The Balaban J connectivity index is 2.44. The monoisotopic (exact) mass is 257 g/mol. The summed E-state index contributed by atoms with van der Waals surface area (Å²) in [6, 6.07) is 0.126. The molecule has 0 spiro atoms. The lowest BCUT2D eigenvalue weighted by molar-refractivity contribution is -0.142. The molecule has 1 heterocycles. The third kappa shape index (κ3) is 3.87. The lowest BCUT2D eigenvalue weighted by atomic mass is 9.99. The highest BCUT2D eigenvalue weighted by molar-refractivity contribution is 5.85. The number of nitrogens with zero attached hydrogens (tertiary/aromatic N) is 1. The Morgan fingerprint density at radius 2 is 2.00 bits per heavy atom. The molecule has 2 unspecified atom stereocenters. The number of aliphatic carboxylic acids is 1. The van der Waals surface area contributed by atoms with Crippen LogP contribution in [-0.2, 0) is 4.79 Å². The van der Waals surface area contributed by atoms with E-state index < -0.39 is 17.5 Å². The highest BCUT2D eigenvalue weighted by Gasteiger charge is 2.30. The highest BCUT2D eigenvalue weighted by Crippen LogP contribution is 2.15. The van der Waals surface area contributed by atoms with E-state index in [0.29, 0.717) is 6.04 Å². The van der Waals surface area contributed by atoms with Gasteiger partial charge in [-0.05, 0) is 40.7 Å². The van der Waals surface area contributed by atoms with Crippen molar-refractivity contribution in [2.75, 3.05) is 13.6 Å². The van der Waals surface area contributed by atoms with Crippen LogP contribution < -0.4 is 10.6 Å². The van der Waals surface area contributed by atoms with E-state index >= 15 is 0 Å². The molecular formula is C12H23N3O3. The number of carboxylic acids is 1. The Hall–Kier alpha value is -1.30. The van der Waals surface area contributed by atoms with Crippen LogP contribution in [0.4, 0.5) is 4.79 Å². The van der Waals surface area contributed by atoms with Gasteiger partial charge in [-0.1, -0.05) is 0 Å². The lowest BCUT2D eigenvalue weighted by Gasteiger charge is -2.35. The van der Waals surface area contributed by atoms with Crippen LogP contribution in [0, 0.1) is 0 Å². The van der Waals surface area contributed by atoms with E-state index in [0.717, 1.165) is 19.4 Å². The minimum Gasteiger partial charge on any atom is -0.480 e. The molecule has 2 amide bonds. The number of hydrogen-bond acceptors (Lipinski definition) is 3. The van der Waals surface area contributed by atoms with Gasteiger partial charge in [-0.2, -0.15) is 0 Å². The predicted octanol–water partition coefficient (Wildman–Crippen LogP) is 0.631. The summed E-state index contributed by atoms with van der Waals surface area (Å²) in [4.78, 5) is 24.9. The number of amides is 2. The van der Waals surface area contributed by atoms with Gasteiger partial charge in [0.05, 0.1) is 0 Å². The van der Waals surface area contributed by atoms with Gasteiger partial charge >= 0.3 is 12.0 Å². The fourth-order valence-electron chi connectivity index (χ4n) is 1.98. The standard InChI is InChI=1S/C12H23N3O3/c1-8-7-9(5-6-15(8)4)13-11(18)14-12(2,3)10(16)17/h8-9H,5-7H2,1-4H3,(H,16,17)(H2,13,14,18). The third-order valence-corrected chi connectivity index (χ3v) is 3.50. The topological polar surface area (TPSA) is 81.7 Å². The summed E-state index contributed by atoms with van der Waals surface area (Å²) in [5.41, 5.74) is -1.25. The summed E-state index contributed by atoms with van der Waals surface area (Å²) in [6.07, 6.45) is 1.78. The molecule has 2 atom stereocenters. The first kappa shape index (κ1) is 14.8. The van der Waals surface area contributed by atoms with Crippen LogP contribution in [-0.4, -0.2) is 53.2 Å². The van der Waals surface area contributed by atoms with Gasteiger partial charge in [-0.25, -0.2) is 9.59 Å². The van der Waals surface area contributed by atoms with Crippen molar-refractivity contribution in [3.05, 3.63) is 0 Å². The van der Waals surface area contributed by atoms with Crippen LogP contribution in [0.25, 0.3) is 0 Å². The maximum atomic E-state index is 11.7. The molecule has 0 aromatic carbocycles. The first-order valence-corrected chi connectivity index (χ1v) is 6.24. The molecule has 1 aliphatic heterocycles. The van der Waals surface area contributed by atoms with Crippen molar-refractivity contribution < 1.29 is 14.7 Å². The van der Waals surface area contributed by atoms with E-state index in [1.165, 1.54) is 13.8 Å². The van der Waals surface area contributed by atoms with Crippen molar-refractivity contribution in [3.8, 4) is 0 Å². The number of piperidine rings is 1. The molecule has 1 aliphatic rings. The van der Waals surface area contributed by atoms with Crippen molar-refractivity contribution in [3.63, 3.8) is 0 Å². The largest absolute Gasteiger partial charge is 0.480 e. The minimum atomic E-state index is -1.25. The average molecular weight is 257 g/mol. The summed E-state index contributed by atoms with van der Waals surface area (Å²) < 4.78 is 0. The molecule has 6 heteroatoms. The minimum absolute atomic E-state index is 0.112. The number of likely N-dealkylation sites (tertiary alicyclic amines) is 1. The number of carbonyl (C=O) groups is 2. The normalized spacial score (nSPS) is 25.6. The molecule has 0 saturated carbocycles. The highest BCUT2D eigenvalue weighted by atomic mass is 16.4. The SMILES string of the molecule is CC1CC(NC(=O)NC(C)(C)C(=O)O)CCN1C. The van der Waals surface area contributed by atoms with Crippen LogP contribution in [0.5, 0.6) is 0 Å². The van der Waals surface area contributed by atoms with Gasteiger partial charge in [-0.3, -0.25) is 0 Å². The predicted molar refractivity (Wildman–Crippen MR) is 68.5 cm³/mol. The van der Waals surface area contributed by atoms with Gasteiger partial charge < -0.3 is 20.6 Å². The second kappa shape index (κ2) is 5.56. The molecule has 1 fully saturated rings. The van der Waals surface area contributed by atoms with E-state index in [9.17, 15) is 9.59 Å². The van der Waals surface area contributed by atoms with Gasteiger partial charge in [0, 0.05) is 18.6 Å². The molecular weight excluding hydrogens is 234 g/mol. The van der Waals surface area contributed by atoms with Crippen LogP contribution in [0.15, 0.2) is 0 Å². The van der Waals surface area contributed by atoms with Gasteiger partial charge in [0.25, 0.3) is 0 Å². The molecule has 104 valence electrons. The first-order chi connectivity index (χ1) is 8.22. The summed E-state index contributed by atoms with van der Waals surface area (Å²) in [5, 5.41) is 14.2. The van der Waals surface area contributed by atoms with E-state index in [1.807, 2.05) is 0 Å². The zero-order valence-corrected chi connectivity index (χ0v) is 11.5. The zero-order valence-electron chi connectivity index (χ0n) is 11.5. The van der Waals surface area contributed by atoms with Crippen molar-refractivity contribution in [1.82, 2.24) is 15.5 Å². The Morgan fingerprint density at radius 3 is 2.50 bits per heavy atom. The zero-order chi connectivity index (χ0) is 13.9. The molecule has 0 aliphatic carbocycles. The average Bonchev–Trinajstić information content (AvgIpc) is 2.22. The number of carboxylic acid groups (broad SMARTS) is 1. The molecule has 6 nitrogen and oxygen atoms in total. The van der Waals surface area contributed by atoms with E-state index in [4.69, 9.17) is 5.11 Å². The molecule has 1 saturated heterocycles. The molecule has 0 aromatic heterocycles. The molecule has 18 heavy (non-hydrogen) atoms. The van der Waals surface area contributed by atoms with Crippen molar-refractivity contribution in [2.24, 2.45) is 0 Å². The van der Waals surface area contributed by atoms with Gasteiger partial charge in [0.15, 0.2) is 0 Å². The number of carbonyl (C=O) groups excluding carboxylic acids is 1. The molecule has 1 rings (SSSR count). The molecule has 0 bridgehead atoms. The summed E-state index contributed by atoms with van der Waals surface area (Å²) in [7, 11) is 2.06. The third-order valence-electron chi connectivity index (χ3n) is 3.50. The Morgan fingerprint density at radius 1 is 1.39 bits per heavy atom. The van der Waals surface area contributed by atoms with E-state index in [-0.39, 0.29) is 6.04 Å². The van der Waals surface area contributed by atoms with Gasteiger partial charge in [-0.15, -0.1) is 0 Å². The van der Waals surface area contributed by atoms with Gasteiger partial charge in [0.1, 0.15) is 5.54 Å². The first-order valence-electron chi connectivity index (χ1n) is 6.24. The molecule has 3 N–H and O–H groups in total. The van der Waals surface area contributed by atoms with Gasteiger partial charge in [0.2, 0.25) is 0 Å². The second-order valence-corrected chi connectivity index (χ2v) is 5.58. The summed E-state index contributed by atoms with van der Waals surface area (Å²) >= 11 is 0.